The normalized spacial score (nSPS) is 16.7. The summed E-state index contributed by atoms with van der Waals surface area (Å²) >= 11 is 0.445. The minimum atomic E-state index is -2.51. The van der Waals surface area contributed by atoms with Gasteiger partial charge in [-0.15, -0.1) is 12.4 Å². The van der Waals surface area contributed by atoms with Crippen LogP contribution in [0.3, 0.4) is 0 Å². The lowest BCUT2D eigenvalue weighted by Crippen LogP contribution is -2.36. The number of benzene rings is 1. The summed E-state index contributed by atoms with van der Waals surface area (Å²) in [4.78, 5) is 12.7. The summed E-state index contributed by atoms with van der Waals surface area (Å²) in [7, 11) is 0. The lowest BCUT2D eigenvalue weighted by molar-refractivity contribution is -0.118. The number of carbonyl (C=O) groups is 1. The molecule has 0 atom stereocenters. The highest BCUT2D eigenvalue weighted by atomic mass is 35.5. The third-order valence-electron chi connectivity index (χ3n) is 4.26. The number of anilines is 1. The summed E-state index contributed by atoms with van der Waals surface area (Å²) in [5.74, 6) is -2.65. The van der Waals surface area contributed by atoms with Crippen molar-refractivity contribution in [2.45, 2.75) is 49.2 Å². The first kappa shape index (κ1) is 20.2. The van der Waals surface area contributed by atoms with Gasteiger partial charge in [-0.05, 0) is 36.9 Å². The fraction of sp³-hybridized carbons (Fsp3) is 0.562. The second kappa shape index (κ2) is 9.45. The van der Waals surface area contributed by atoms with Crippen LogP contribution >= 0.6 is 24.2 Å². The average Bonchev–Trinajstić information content (AvgIpc) is 2.49. The summed E-state index contributed by atoms with van der Waals surface area (Å²) in [5, 5.41) is 2.77. The van der Waals surface area contributed by atoms with Gasteiger partial charge in [-0.3, -0.25) is 4.79 Å². The van der Waals surface area contributed by atoms with Crippen LogP contribution in [0.15, 0.2) is 29.2 Å². The van der Waals surface area contributed by atoms with Crippen LogP contribution in [0.25, 0.3) is 0 Å². The van der Waals surface area contributed by atoms with Crippen molar-refractivity contribution in [1.29, 1.82) is 0 Å². The van der Waals surface area contributed by atoms with Crippen LogP contribution in [-0.2, 0) is 4.79 Å². The predicted octanol–water partition coefficient (Wildman–Crippen LogP) is 4.66. The van der Waals surface area contributed by atoms with Crippen molar-refractivity contribution in [3.05, 3.63) is 24.3 Å². The Kier molecular flexibility index (Phi) is 8.29. The highest BCUT2D eigenvalue weighted by Gasteiger charge is 2.33. The number of rotatable bonds is 6. The fourth-order valence-corrected chi connectivity index (χ4v) is 3.65. The van der Waals surface area contributed by atoms with Gasteiger partial charge >= 0.3 is 0 Å². The Bertz CT molecular complexity index is 511. The number of carbonyl (C=O) groups excluding carboxylic acids is 1. The van der Waals surface area contributed by atoms with E-state index in [1.165, 1.54) is 6.42 Å². The standard InChI is InChI=1S/C16H22F2N2OS.ClH/c17-15(18)22-13-7-3-2-6-12(13)20-14(21)10-16(11-19)8-4-1-5-9-16;/h2-3,6-7,15H,1,4-5,8-11,19H2,(H,20,21);1H. The quantitative estimate of drug-likeness (QED) is 0.722. The molecule has 3 nitrogen and oxygen atoms in total. The molecule has 0 bridgehead atoms. The zero-order valence-corrected chi connectivity index (χ0v) is 14.5. The molecule has 7 heteroatoms. The van der Waals surface area contributed by atoms with Gasteiger partial charge in [0.25, 0.3) is 5.76 Å². The van der Waals surface area contributed by atoms with E-state index in [0.717, 1.165) is 25.7 Å². The third-order valence-corrected chi connectivity index (χ3v) is 5.05. The summed E-state index contributed by atoms with van der Waals surface area (Å²) in [6, 6.07) is 6.65. The van der Waals surface area contributed by atoms with Gasteiger partial charge in [0.15, 0.2) is 0 Å². The molecular formula is C16H23ClF2N2OS. The molecule has 1 aliphatic carbocycles. The molecule has 0 radical (unpaired) electrons. The number of nitrogens with one attached hydrogen (secondary N) is 1. The largest absolute Gasteiger partial charge is 0.330 e. The number of alkyl halides is 2. The molecular weight excluding hydrogens is 342 g/mol. The van der Waals surface area contributed by atoms with E-state index in [9.17, 15) is 13.6 Å². The molecule has 130 valence electrons. The fourth-order valence-electron chi connectivity index (χ4n) is 3.06. The van der Waals surface area contributed by atoms with Crippen molar-refractivity contribution < 1.29 is 13.6 Å². The number of amides is 1. The van der Waals surface area contributed by atoms with Gasteiger partial charge in [0.05, 0.1) is 5.69 Å². The van der Waals surface area contributed by atoms with Crippen LogP contribution in [0, 0.1) is 5.41 Å². The van der Waals surface area contributed by atoms with Crippen LogP contribution < -0.4 is 11.1 Å². The maximum Gasteiger partial charge on any atom is 0.288 e. The van der Waals surface area contributed by atoms with E-state index in [0.29, 0.717) is 35.3 Å². The molecule has 0 unspecified atom stereocenters. The zero-order chi connectivity index (χ0) is 16.0. The van der Waals surface area contributed by atoms with E-state index in [-0.39, 0.29) is 23.7 Å². The lowest BCUT2D eigenvalue weighted by Gasteiger charge is -2.35. The SMILES string of the molecule is Cl.NCC1(CC(=O)Nc2ccccc2SC(F)F)CCCCC1. The molecule has 23 heavy (non-hydrogen) atoms. The van der Waals surface area contributed by atoms with Gasteiger partial charge in [0.1, 0.15) is 0 Å². The van der Waals surface area contributed by atoms with Crippen molar-refractivity contribution >= 4 is 35.8 Å². The van der Waals surface area contributed by atoms with E-state index < -0.39 is 5.76 Å². The molecule has 0 spiro atoms. The zero-order valence-electron chi connectivity index (χ0n) is 12.9. The molecule has 1 aliphatic rings. The molecule has 1 aromatic carbocycles. The van der Waals surface area contributed by atoms with E-state index in [1.54, 1.807) is 24.3 Å². The number of hydrogen-bond acceptors (Lipinski definition) is 3. The molecule has 0 aromatic heterocycles. The summed E-state index contributed by atoms with van der Waals surface area (Å²) < 4.78 is 25.1. The van der Waals surface area contributed by atoms with E-state index in [2.05, 4.69) is 5.32 Å². The Morgan fingerprint density at radius 3 is 2.52 bits per heavy atom. The first-order valence-electron chi connectivity index (χ1n) is 7.58. The Labute approximate surface area is 146 Å². The molecule has 3 N–H and O–H groups in total. The molecule has 0 saturated heterocycles. The molecule has 0 aliphatic heterocycles. The van der Waals surface area contributed by atoms with Crippen LogP contribution in [0.5, 0.6) is 0 Å². The molecule has 1 amide bonds. The van der Waals surface area contributed by atoms with E-state index >= 15 is 0 Å². The number of hydrogen-bond donors (Lipinski definition) is 2. The van der Waals surface area contributed by atoms with Gasteiger partial charge in [0, 0.05) is 11.3 Å². The smallest absolute Gasteiger partial charge is 0.288 e. The topological polar surface area (TPSA) is 55.1 Å². The number of nitrogens with two attached hydrogens (primary N) is 1. The van der Waals surface area contributed by atoms with E-state index in [4.69, 9.17) is 5.73 Å². The van der Waals surface area contributed by atoms with Crippen LogP contribution in [0.1, 0.15) is 38.5 Å². The van der Waals surface area contributed by atoms with Crippen LogP contribution in [-0.4, -0.2) is 18.2 Å². The van der Waals surface area contributed by atoms with Gasteiger partial charge < -0.3 is 11.1 Å². The van der Waals surface area contributed by atoms with Crippen LogP contribution in [0.2, 0.25) is 0 Å². The van der Waals surface area contributed by atoms with Crippen molar-refractivity contribution in [2.24, 2.45) is 11.1 Å². The number of halogens is 3. The summed E-state index contributed by atoms with van der Waals surface area (Å²) in [6.07, 6.45) is 5.67. The molecule has 1 saturated carbocycles. The highest BCUT2D eigenvalue weighted by Crippen LogP contribution is 2.39. The minimum Gasteiger partial charge on any atom is -0.330 e. The van der Waals surface area contributed by atoms with Crippen molar-refractivity contribution in [2.75, 3.05) is 11.9 Å². The van der Waals surface area contributed by atoms with Crippen molar-refractivity contribution in [3.63, 3.8) is 0 Å². The van der Waals surface area contributed by atoms with Gasteiger partial charge in [-0.25, -0.2) is 0 Å². The number of thioether (sulfide) groups is 1. The molecule has 1 fully saturated rings. The predicted molar refractivity (Wildman–Crippen MR) is 93.4 cm³/mol. The first-order valence-corrected chi connectivity index (χ1v) is 8.46. The van der Waals surface area contributed by atoms with Gasteiger partial charge in [-0.2, -0.15) is 8.78 Å². The second-order valence-electron chi connectivity index (χ2n) is 5.86. The lowest BCUT2D eigenvalue weighted by atomic mass is 9.71. The van der Waals surface area contributed by atoms with E-state index in [1.807, 2.05) is 0 Å². The Morgan fingerprint density at radius 1 is 1.26 bits per heavy atom. The molecule has 1 aromatic rings. The Balaban J connectivity index is 0.00000264. The maximum absolute atomic E-state index is 12.6. The van der Waals surface area contributed by atoms with Gasteiger partial charge in [0.2, 0.25) is 5.91 Å². The molecule has 2 rings (SSSR count). The Morgan fingerprint density at radius 2 is 1.91 bits per heavy atom. The Hall–Kier alpha value is -0.850. The second-order valence-corrected chi connectivity index (χ2v) is 6.90. The highest BCUT2D eigenvalue weighted by molar-refractivity contribution is 7.99. The van der Waals surface area contributed by atoms with Gasteiger partial charge in [-0.1, -0.05) is 43.2 Å². The minimum absolute atomic E-state index is 0. The molecule has 0 heterocycles. The first-order chi connectivity index (χ1) is 10.5. The summed E-state index contributed by atoms with van der Waals surface area (Å²) in [6.45, 7) is 0.494. The van der Waals surface area contributed by atoms with Crippen LogP contribution in [0.4, 0.5) is 14.5 Å². The summed E-state index contributed by atoms with van der Waals surface area (Å²) in [5.41, 5.74) is 6.21. The third kappa shape index (κ3) is 5.94. The monoisotopic (exact) mass is 364 g/mol. The van der Waals surface area contributed by atoms with Crippen molar-refractivity contribution in [1.82, 2.24) is 0 Å². The number of para-hydroxylation sites is 1. The van der Waals surface area contributed by atoms with Crippen molar-refractivity contribution in [3.8, 4) is 0 Å². The average molecular weight is 365 g/mol. The maximum atomic E-state index is 12.6.